The molecule has 0 aliphatic rings. The van der Waals surface area contributed by atoms with E-state index in [1.807, 2.05) is 19.1 Å². The molecular weight excluding hydrogens is 269 g/mol. The molecule has 0 bridgehead atoms. The minimum Gasteiger partial charge on any atom is -0.508 e. The summed E-state index contributed by atoms with van der Waals surface area (Å²) < 4.78 is 44.0. The second kappa shape index (κ2) is 5.45. The molecule has 1 N–H and O–H groups in total. The Morgan fingerprint density at radius 3 is 2.45 bits per heavy atom. The Hall–Kier alpha value is -2.17. The number of alkyl halides is 3. The standard InChI is InChI=1S/C15H13F3O2/c1-10-4-2-3-5-14(10)20-9-11-6-7-12(19)8-13(11)15(16,17)18/h2-8,19H,9H2,1H3. The van der Waals surface area contributed by atoms with Gasteiger partial charge in [0.1, 0.15) is 18.1 Å². The van der Waals surface area contributed by atoms with Crippen molar-refractivity contribution in [1.29, 1.82) is 0 Å². The smallest absolute Gasteiger partial charge is 0.416 e. The molecule has 20 heavy (non-hydrogen) atoms. The van der Waals surface area contributed by atoms with Crippen LogP contribution in [0.3, 0.4) is 0 Å². The van der Waals surface area contributed by atoms with Crippen molar-refractivity contribution in [2.24, 2.45) is 0 Å². The Morgan fingerprint density at radius 2 is 1.80 bits per heavy atom. The summed E-state index contributed by atoms with van der Waals surface area (Å²) >= 11 is 0. The van der Waals surface area contributed by atoms with Crippen LogP contribution in [0, 0.1) is 6.92 Å². The Kier molecular flexibility index (Phi) is 3.88. The molecule has 0 radical (unpaired) electrons. The topological polar surface area (TPSA) is 29.5 Å². The highest BCUT2D eigenvalue weighted by Crippen LogP contribution is 2.34. The van der Waals surface area contributed by atoms with E-state index in [4.69, 9.17) is 4.74 Å². The van der Waals surface area contributed by atoms with Crippen molar-refractivity contribution >= 4 is 0 Å². The second-order valence-electron chi connectivity index (χ2n) is 4.39. The molecule has 0 saturated carbocycles. The minimum atomic E-state index is -4.52. The number of benzene rings is 2. The summed E-state index contributed by atoms with van der Waals surface area (Å²) in [7, 11) is 0. The molecule has 0 atom stereocenters. The van der Waals surface area contributed by atoms with Crippen molar-refractivity contribution in [3.8, 4) is 11.5 Å². The van der Waals surface area contributed by atoms with Crippen molar-refractivity contribution in [3.63, 3.8) is 0 Å². The largest absolute Gasteiger partial charge is 0.508 e. The second-order valence-corrected chi connectivity index (χ2v) is 4.39. The van der Waals surface area contributed by atoms with E-state index in [-0.39, 0.29) is 12.2 Å². The van der Waals surface area contributed by atoms with Crippen molar-refractivity contribution in [1.82, 2.24) is 0 Å². The molecule has 2 nitrogen and oxygen atoms in total. The van der Waals surface area contributed by atoms with Crippen LogP contribution in [-0.2, 0) is 12.8 Å². The van der Waals surface area contributed by atoms with E-state index in [0.29, 0.717) is 11.8 Å². The van der Waals surface area contributed by atoms with Crippen molar-refractivity contribution in [2.75, 3.05) is 0 Å². The normalized spacial score (nSPS) is 11.4. The monoisotopic (exact) mass is 282 g/mol. The van der Waals surface area contributed by atoms with Gasteiger partial charge in [-0.3, -0.25) is 0 Å². The van der Waals surface area contributed by atoms with E-state index >= 15 is 0 Å². The summed E-state index contributed by atoms with van der Waals surface area (Å²) in [6, 6.07) is 10.2. The van der Waals surface area contributed by atoms with Crippen LogP contribution in [0.4, 0.5) is 13.2 Å². The van der Waals surface area contributed by atoms with E-state index in [9.17, 15) is 18.3 Å². The number of hydrogen-bond donors (Lipinski definition) is 1. The number of aromatic hydroxyl groups is 1. The molecule has 5 heteroatoms. The number of rotatable bonds is 3. The van der Waals surface area contributed by atoms with E-state index in [0.717, 1.165) is 5.56 Å². The fraction of sp³-hybridized carbons (Fsp3) is 0.200. The molecule has 0 heterocycles. The summed E-state index contributed by atoms with van der Waals surface area (Å²) in [5.74, 6) is 0.116. The van der Waals surface area contributed by atoms with Gasteiger partial charge in [0.2, 0.25) is 0 Å². The molecule has 0 amide bonds. The van der Waals surface area contributed by atoms with Gasteiger partial charge in [-0.05, 0) is 30.7 Å². The molecule has 0 spiro atoms. The van der Waals surface area contributed by atoms with Gasteiger partial charge in [0.25, 0.3) is 0 Å². The number of phenolic OH excluding ortho intramolecular Hbond substituents is 1. The van der Waals surface area contributed by atoms with Crippen molar-refractivity contribution in [3.05, 3.63) is 59.2 Å². The van der Waals surface area contributed by atoms with E-state index in [2.05, 4.69) is 0 Å². The Labute approximate surface area is 114 Å². The van der Waals surface area contributed by atoms with Crippen LogP contribution in [0.1, 0.15) is 16.7 Å². The van der Waals surface area contributed by atoms with E-state index < -0.39 is 17.5 Å². The van der Waals surface area contributed by atoms with Gasteiger partial charge < -0.3 is 9.84 Å². The summed E-state index contributed by atoms with van der Waals surface area (Å²) in [5.41, 5.74) is -0.0514. The lowest BCUT2D eigenvalue weighted by molar-refractivity contribution is -0.138. The molecular formula is C15H13F3O2. The lowest BCUT2D eigenvalue weighted by Gasteiger charge is -2.14. The molecule has 0 aliphatic carbocycles. The molecule has 0 fully saturated rings. The van der Waals surface area contributed by atoms with Crippen LogP contribution < -0.4 is 4.74 Å². The maximum absolute atomic E-state index is 12.9. The van der Waals surface area contributed by atoms with E-state index in [1.165, 1.54) is 12.1 Å². The highest BCUT2D eigenvalue weighted by molar-refractivity contribution is 5.37. The zero-order chi connectivity index (χ0) is 14.8. The predicted octanol–water partition coefficient (Wildman–Crippen LogP) is 4.30. The highest BCUT2D eigenvalue weighted by Gasteiger charge is 2.33. The zero-order valence-corrected chi connectivity index (χ0v) is 10.7. The molecule has 2 aromatic carbocycles. The van der Waals surface area contributed by atoms with Gasteiger partial charge >= 0.3 is 6.18 Å². The number of ether oxygens (including phenoxy) is 1. The van der Waals surface area contributed by atoms with Crippen LogP contribution in [0.15, 0.2) is 42.5 Å². The lowest BCUT2D eigenvalue weighted by Crippen LogP contribution is -2.11. The van der Waals surface area contributed by atoms with Crippen LogP contribution in [0.5, 0.6) is 11.5 Å². The highest BCUT2D eigenvalue weighted by atomic mass is 19.4. The molecule has 2 aromatic rings. The van der Waals surface area contributed by atoms with Crippen LogP contribution in [-0.4, -0.2) is 5.11 Å². The van der Waals surface area contributed by atoms with Crippen LogP contribution in [0.2, 0.25) is 0 Å². The SMILES string of the molecule is Cc1ccccc1OCc1ccc(O)cc1C(F)(F)F. The maximum atomic E-state index is 12.9. The van der Waals surface area contributed by atoms with Crippen molar-refractivity contribution in [2.45, 2.75) is 19.7 Å². The molecule has 106 valence electrons. The average Bonchev–Trinajstić information content (AvgIpc) is 2.38. The number of phenols is 1. The van der Waals surface area contributed by atoms with Gasteiger partial charge in [-0.25, -0.2) is 0 Å². The Morgan fingerprint density at radius 1 is 1.10 bits per heavy atom. The van der Waals surface area contributed by atoms with Gasteiger partial charge in [-0.1, -0.05) is 24.3 Å². The third-order valence-electron chi connectivity index (χ3n) is 2.88. The van der Waals surface area contributed by atoms with Gasteiger partial charge in [-0.2, -0.15) is 13.2 Å². The molecule has 0 saturated heterocycles. The summed E-state index contributed by atoms with van der Waals surface area (Å²) in [4.78, 5) is 0. The molecule has 2 rings (SSSR count). The van der Waals surface area contributed by atoms with Gasteiger partial charge in [0.05, 0.1) is 5.56 Å². The van der Waals surface area contributed by atoms with Crippen molar-refractivity contribution < 1.29 is 23.0 Å². The van der Waals surface area contributed by atoms with Gasteiger partial charge in [-0.15, -0.1) is 0 Å². The number of aryl methyl sites for hydroxylation is 1. The zero-order valence-electron chi connectivity index (χ0n) is 10.7. The molecule has 0 unspecified atom stereocenters. The van der Waals surface area contributed by atoms with Gasteiger partial charge in [0.15, 0.2) is 0 Å². The first kappa shape index (κ1) is 14.2. The van der Waals surface area contributed by atoms with Crippen LogP contribution >= 0.6 is 0 Å². The average molecular weight is 282 g/mol. The predicted molar refractivity (Wildman–Crippen MR) is 68.6 cm³/mol. The molecule has 0 aliphatic heterocycles. The minimum absolute atomic E-state index is 0.0152. The quantitative estimate of drug-likeness (QED) is 0.909. The summed E-state index contributed by atoms with van der Waals surface area (Å²) in [6.45, 7) is 1.61. The van der Waals surface area contributed by atoms with Gasteiger partial charge in [0, 0.05) is 5.56 Å². The number of hydrogen-bond acceptors (Lipinski definition) is 2. The first-order chi connectivity index (χ1) is 9.38. The fourth-order valence-corrected chi connectivity index (χ4v) is 1.83. The molecule has 0 aromatic heterocycles. The fourth-order valence-electron chi connectivity index (χ4n) is 1.83. The Bertz CT molecular complexity index is 606. The van der Waals surface area contributed by atoms with Crippen LogP contribution in [0.25, 0.3) is 0 Å². The third-order valence-corrected chi connectivity index (χ3v) is 2.88. The summed E-state index contributed by atoms with van der Waals surface area (Å²) in [6.07, 6.45) is -4.52. The number of halogens is 3. The first-order valence-corrected chi connectivity index (χ1v) is 5.95. The Balaban J connectivity index is 2.24. The first-order valence-electron chi connectivity index (χ1n) is 5.95. The summed E-state index contributed by atoms with van der Waals surface area (Å²) in [5, 5.41) is 9.19. The third kappa shape index (κ3) is 3.23. The maximum Gasteiger partial charge on any atom is 0.416 e. The lowest BCUT2D eigenvalue weighted by atomic mass is 10.1. The van der Waals surface area contributed by atoms with E-state index in [1.54, 1.807) is 12.1 Å². The number of para-hydroxylation sites is 1.